The first-order valence-corrected chi connectivity index (χ1v) is 6.93. The lowest BCUT2D eigenvalue weighted by Gasteiger charge is -2.32. The van der Waals surface area contributed by atoms with E-state index in [9.17, 15) is 0 Å². The van der Waals surface area contributed by atoms with Crippen molar-refractivity contribution in [1.29, 1.82) is 5.26 Å². The standard InChI is InChI=1S/C11H13BBrNO2S/c1-10(2)11(3,4)16-12(15-10)7-5-9(13)17-8(7)6-14/h5H,1-4H3. The highest BCUT2D eigenvalue weighted by atomic mass is 79.9. The molecule has 0 radical (unpaired) electrons. The molecule has 0 atom stereocenters. The molecule has 0 aliphatic carbocycles. The topological polar surface area (TPSA) is 42.2 Å². The van der Waals surface area contributed by atoms with Crippen molar-refractivity contribution in [1.82, 2.24) is 0 Å². The second kappa shape index (κ2) is 4.09. The van der Waals surface area contributed by atoms with Gasteiger partial charge in [-0.25, -0.2) is 0 Å². The molecule has 0 unspecified atom stereocenters. The minimum atomic E-state index is -0.461. The molecule has 0 N–H and O–H groups in total. The molecule has 3 nitrogen and oxygen atoms in total. The van der Waals surface area contributed by atoms with Gasteiger partial charge in [-0.15, -0.1) is 11.3 Å². The van der Waals surface area contributed by atoms with Gasteiger partial charge in [0.15, 0.2) is 0 Å². The lowest BCUT2D eigenvalue weighted by Crippen LogP contribution is -2.41. The van der Waals surface area contributed by atoms with Gasteiger partial charge in [0.05, 0.1) is 15.0 Å². The van der Waals surface area contributed by atoms with E-state index in [1.165, 1.54) is 11.3 Å². The zero-order chi connectivity index (χ0) is 12.8. The summed E-state index contributed by atoms with van der Waals surface area (Å²) in [6, 6.07) is 4.07. The van der Waals surface area contributed by atoms with E-state index in [1.807, 2.05) is 33.8 Å². The van der Waals surface area contributed by atoms with Crippen molar-refractivity contribution < 1.29 is 9.31 Å². The Morgan fingerprint density at radius 1 is 1.29 bits per heavy atom. The first kappa shape index (κ1) is 13.1. The molecule has 1 fully saturated rings. The monoisotopic (exact) mass is 313 g/mol. The number of nitriles is 1. The zero-order valence-electron chi connectivity index (χ0n) is 10.2. The maximum Gasteiger partial charge on any atom is 0.497 e. The third-order valence-corrected chi connectivity index (χ3v) is 4.90. The first-order chi connectivity index (χ1) is 7.77. The molecule has 2 rings (SSSR count). The van der Waals surface area contributed by atoms with E-state index in [0.29, 0.717) is 4.88 Å². The molecule has 1 aliphatic heterocycles. The maximum atomic E-state index is 9.08. The Morgan fingerprint density at radius 3 is 2.29 bits per heavy atom. The Kier molecular flexibility index (Phi) is 3.15. The van der Waals surface area contributed by atoms with Crippen molar-refractivity contribution in [2.24, 2.45) is 0 Å². The number of nitrogens with zero attached hydrogens (tertiary/aromatic N) is 1. The van der Waals surface area contributed by atoms with Gasteiger partial charge in [0.2, 0.25) is 0 Å². The van der Waals surface area contributed by atoms with E-state index in [0.717, 1.165) is 9.25 Å². The van der Waals surface area contributed by atoms with Gasteiger partial charge in [-0.1, -0.05) is 0 Å². The first-order valence-electron chi connectivity index (χ1n) is 5.32. The molecule has 0 saturated carbocycles. The molecule has 0 aromatic carbocycles. The van der Waals surface area contributed by atoms with E-state index < -0.39 is 7.12 Å². The van der Waals surface area contributed by atoms with Gasteiger partial charge in [-0.05, 0) is 49.7 Å². The van der Waals surface area contributed by atoms with Gasteiger partial charge in [-0.3, -0.25) is 0 Å². The highest BCUT2D eigenvalue weighted by molar-refractivity contribution is 9.11. The Morgan fingerprint density at radius 2 is 1.82 bits per heavy atom. The van der Waals surface area contributed by atoms with Crippen LogP contribution in [-0.2, 0) is 9.31 Å². The van der Waals surface area contributed by atoms with E-state index in [-0.39, 0.29) is 11.2 Å². The van der Waals surface area contributed by atoms with Crippen LogP contribution in [0, 0.1) is 11.3 Å². The van der Waals surface area contributed by atoms with Gasteiger partial charge in [0.1, 0.15) is 10.9 Å². The second-order valence-corrected chi connectivity index (χ2v) is 7.47. The maximum absolute atomic E-state index is 9.08. The van der Waals surface area contributed by atoms with Crippen LogP contribution in [0.2, 0.25) is 0 Å². The van der Waals surface area contributed by atoms with Crippen molar-refractivity contribution in [2.45, 2.75) is 38.9 Å². The summed E-state index contributed by atoms with van der Waals surface area (Å²) < 4.78 is 12.8. The van der Waals surface area contributed by atoms with E-state index in [2.05, 4.69) is 22.0 Å². The third-order valence-electron chi connectivity index (χ3n) is 3.34. The molecule has 1 aliphatic rings. The van der Waals surface area contributed by atoms with E-state index >= 15 is 0 Å². The van der Waals surface area contributed by atoms with E-state index in [1.54, 1.807) is 0 Å². The van der Waals surface area contributed by atoms with Crippen LogP contribution in [0.4, 0.5) is 0 Å². The van der Waals surface area contributed by atoms with Crippen molar-refractivity contribution in [3.05, 3.63) is 14.7 Å². The number of thiophene rings is 1. The van der Waals surface area contributed by atoms with Crippen LogP contribution in [0.5, 0.6) is 0 Å². The van der Waals surface area contributed by atoms with Gasteiger partial charge in [-0.2, -0.15) is 5.26 Å². The van der Waals surface area contributed by atoms with Crippen LogP contribution in [0.3, 0.4) is 0 Å². The van der Waals surface area contributed by atoms with Crippen LogP contribution in [-0.4, -0.2) is 18.3 Å². The lowest BCUT2D eigenvalue weighted by atomic mass is 9.79. The summed E-state index contributed by atoms with van der Waals surface area (Å²) in [4.78, 5) is 0.635. The summed E-state index contributed by atoms with van der Waals surface area (Å²) in [7, 11) is -0.461. The van der Waals surface area contributed by atoms with Crippen LogP contribution >= 0.6 is 27.3 Å². The summed E-state index contributed by atoms with van der Waals surface area (Å²) in [6.45, 7) is 8.00. The predicted octanol–water partition coefficient (Wildman–Crippen LogP) is 2.68. The normalized spacial score (nSPS) is 21.5. The van der Waals surface area contributed by atoms with Crippen LogP contribution < -0.4 is 5.46 Å². The fourth-order valence-electron chi connectivity index (χ4n) is 1.61. The lowest BCUT2D eigenvalue weighted by molar-refractivity contribution is 0.00578. The Hall–Kier alpha value is -0.345. The van der Waals surface area contributed by atoms with Crippen molar-refractivity contribution in [3.63, 3.8) is 0 Å². The third kappa shape index (κ3) is 2.17. The van der Waals surface area contributed by atoms with Gasteiger partial charge in [0, 0.05) is 5.46 Å². The SMILES string of the molecule is CC1(C)OB(c2cc(Br)sc2C#N)OC1(C)C. The van der Waals surface area contributed by atoms with E-state index in [4.69, 9.17) is 14.6 Å². The molecule has 0 amide bonds. The number of rotatable bonds is 1. The van der Waals surface area contributed by atoms with Crippen LogP contribution in [0.25, 0.3) is 0 Å². The van der Waals surface area contributed by atoms with Crippen LogP contribution in [0.15, 0.2) is 9.85 Å². The van der Waals surface area contributed by atoms with Crippen molar-refractivity contribution >= 4 is 39.8 Å². The van der Waals surface area contributed by atoms with Gasteiger partial charge in [0.25, 0.3) is 0 Å². The fraction of sp³-hybridized carbons (Fsp3) is 0.545. The molecule has 0 bridgehead atoms. The highest BCUT2D eigenvalue weighted by Gasteiger charge is 2.52. The van der Waals surface area contributed by atoms with Gasteiger partial charge >= 0.3 is 7.12 Å². The summed E-state index contributed by atoms with van der Waals surface area (Å²) >= 11 is 4.78. The molecular formula is C11H13BBrNO2S. The Labute approximate surface area is 114 Å². The zero-order valence-corrected chi connectivity index (χ0v) is 12.6. The molecule has 1 saturated heterocycles. The molecular weight excluding hydrogens is 301 g/mol. The molecule has 2 heterocycles. The summed E-state index contributed by atoms with van der Waals surface area (Å²) in [6.07, 6.45) is 0. The average molecular weight is 314 g/mol. The molecule has 1 aromatic heterocycles. The predicted molar refractivity (Wildman–Crippen MR) is 72.5 cm³/mol. The van der Waals surface area contributed by atoms with Crippen LogP contribution in [0.1, 0.15) is 32.6 Å². The summed E-state index contributed by atoms with van der Waals surface area (Å²) in [5.41, 5.74) is 0.0560. The number of halogens is 1. The molecule has 6 heteroatoms. The number of hydrogen-bond acceptors (Lipinski definition) is 4. The second-order valence-electron chi connectivity index (χ2n) is 5.04. The minimum absolute atomic E-state index is 0.376. The highest BCUT2D eigenvalue weighted by Crippen LogP contribution is 2.37. The van der Waals surface area contributed by atoms with Crippen molar-refractivity contribution in [2.75, 3.05) is 0 Å². The van der Waals surface area contributed by atoms with Crippen molar-refractivity contribution in [3.8, 4) is 6.07 Å². The quantitative estimate of drug-likeness (QED) is 0.749. The largest absolute Gasteiger partial charge is 0.497 e. The smallest absolute Gasteiger partial charge is 0.399 e. The molecule has 0 spiro atoms. The number of hydrogen-bond donors (Lipinski definition) is 0. The average Bonchev–Trinajstić information content (AvgIpc) is 2.65. The summed E-state index contributed by atoms with van der Waals surface area (Å²) in [5, 5.41) is 9.08. The Balaban J connectivity index is 2.36. The Bertz CT molecular complexity index is 476. The molecule has 17 heavy (non-hydrogen) atoms. The van der Waals surface area contributed by atoms with Gasteiger partial charge < -0.3 is 9.31 Å². The minimum Gasteiger partial charge on any atom is -0.399 e. The molecule has 90 valence electrons. The summed E-state index contributed by atoms with van der Waals surface area (Å²) in [5.74, 6) is 0. The molecule has 1 aromatic rings. The fourth-order valence-corrected chi connectivity index (χ4v) is 3.04.